The first kappa shape index (κ1) is 15.6. The third kappa shape index (κ3) is 3.11. The number of hydrogen-bond donors (Lipinski definition) is 1. The van der Waals surface area contributed by atoms with Gasteiger partial charge in [-0.25, -0.2) is 0 Å². The summed E-state index contributed by atoms with van der Waals surface area (Å²) in [7, 11) is 3.75. The van der Waals surface area contributed by atoms with E-state index in [1.165, 1.54) is 27.8 Å². The van der Waals surface area contributed by atoms with Crippen molar-refractivity contribution in [2.24, 2.45) is 0 Å². The van der Waals surface area contributed by atoms with E-state index in [4.69, 9.17) is 4.74 Å². The second-order valence-corrected chi connectivity index (χ2v) is 5.45. The average molecular weight is 283 g/mol. The van der Waals surface area contributed by atoms with Crippen molar-refractivity contribution < 1.29 is 4.74 Å². The SMILES string of the molecule is CCc1ccccc1C(NC)c1cc(C)c(OC)cc1C. The Morgan fingerprint density at radius 2 is 1.76 bits per heavy atom. The molecule has 1 N–H and O–H groups in total. The highest BCUT2D eigenvalue weighted by Gasteiger charge is 2.18. The molecular formula is C19H25NO. The van der Waals surface area contributed by atoms with Gasteiger partial charge in [0.2, 0.25) is 0 Å². The van der Waals surface area contributed by atoms with Crippen molar-refractivity contribution in [2.45, 2.75) is 33.2 Å². The average Bonchev–Trinajstić information content (AvgIpc) is 2.51. The molecule has 0 amide bonds. The van der Waals surface area contributed by atoms with Gasteiger partial charge in [0.15, 0.2) is 0 Å². The van der Waals surface area contributed by atoms with E-state index in [1.807, 2.05) is 7.05 Å². The van der Waals surface area contributed by atoms with Crippen molar-refractivity contribution in [3.05, 3.63) is 64.2 Å². The van der Waals surface area contributed by atoms with Crippen LogP contribution in [0.4, 0.5) is 0 Å². The van der Waals surface area contributed by atoms with Crippen LogP contribution >= 0.6 is 0 Å². The highest BCUT2D eigenvalue weighted by atomic mass is 16.5. The third-order valence-corrected chi connectivity index (χ3v) is 4.13. The highest BCUT2D eigenvalue weighted by Crippen LogP contribution is 2.31. The molecule has 112 valence electrons. The van der Waals surface area contributed by atoms with Crippen molar-refractivity contribution in [1.82, 2.24) is 5.32 Å². The maximum Gasteiger partial charge on any atom is 0.122 e. The Morgan fingerprint density at radius 3 is 2.38 bits per heavy atom. The predicted molar refractivity (Wildman–Crippen MR) is 89.2 cm³/mol. The standard InChI is InChI=1S/C19H25NO/c1-6-15-9-7-8-10-16(15)19(20-4)17-11-14(3)18(21-5)12-13(17)2/h7-12,19-20H,6H2,1-5H3. The van der Waals surface area contributed by atoms with Crippen LogP contribution in [0, 0.1) is 13.8 Å². The molecule has 0 aromatic heterocycles. The molecule has 1 unspecified atom stereocenters. The van der Waals surface area contributed by atoms with Gasteiger partial charge in [0.05, 0.1) is 13.2 Å². The van der Waals surface area contributed by atoms with E-state index in [-0.39, 0.29) is 6.04 Å². The van der Waals surface area contributed by atoms with E-state index in [2.05, 4.69) is 62.5 Å². The second kappa shape index (κ2) is 6.77. The summed E-state index contributed by atoms with van der Waals surface area (Å²) in [6, 6.07) is 13.2. The molecule has 0 heterocycles. The third-order valence-electron chi connectivity index (χ3n) is 4.13. The molecule has 2 rings (SSSR count). The van der Waals surface area contributed by atoms with Gasteiger partial charge in [-0.15, -0.1) is 0 Å². The zero-order valence-electron chi connectivity index (χ0n) is 13.7. The molecule has 0 radical (unpaired) electrons. The molecule has 2 nitrogen and oxygen atoms in total. The van der Waals surface area contributed by atoms with Crippen LogP contribution in [-0.4, -0.2) is 14.2 Å². The smallest absolute Gasteiger partial charge is 0.122 e. The molecule has 0 saturated carbocycles. The van der Waals surface area contributed by atoms with E-state index in [0.29, 0.717) is 0 Å². The van der Waals surface area contributed by atoms with Crippen molar-refractivity contribution in [1.29, 1.82) is 0 Å². The van der Waals surface area contributed by atoms with E-state index >= 15 is 0 Å². The van der Waals surface area contributed by atoms with E-state index in [9.17, 15) is 0 Å². The predicted octanol–water partition coefficient (Wildman–Crippen LogP) is 4.18. The van der Waals surface area contributed by atoms with Crippen molar-refractivity contribution in [3.8, 4) is 5.75 Å². The summed E-state index contributed by atoms with van der Waals surface area (Å²) in [5.41, 5.74) is 6.49. The number of methoxy groups -OCH3 is 1. The minimum Gasteiger partial charge on any atom is -0.496 e. The van der Waals surface area contributed by atoms with Gasteiger partial charge in [-0.2, -0.15) is 0 Å². The highest BCUT2D eigenvalue weighted by molar-refractivity contribution is 5.47. The number of ether oxygens (including phenoxy) is 1. The van der Waals surface area contributed by atoms with Gasteiger partial charge in [-0.05, 0) is 61.2 Å². The summed E-state index contributed by atoms with van der Waals surface area (Å²) in [4.78, 5) is 0. The van der Waals surface area contributed by atoms with Crippen LogP contribution in [0.15, 0.2) is 36.4 Å². The maximum atomic E-state index is 5.42. The van der Waals surface area contributed by atoms with Gasteiger partial charge in [-0.1, -0.05) is 37.3 Å². The zero-order valence-corrected chi connectivity index (χ0v) is 13.7. The lowest BCUT2D eigenvalue weighted by Crippen LogP contribution is -2.20. The first-order valence-electron chi connectivity index (χ1n) is 7.52. The summed E-state index contributed by atoms with van der Waals surface area (Å²) in [6.07, 6.45) is 1.04. The lowest BCUT2D eigenvalue weighted by Gasteiger charge is -2.23. The number of aryl methyl sites for hydroxylation is 3. The quantitative estimate of drug-likeness (QED) is 0.888. The number of nitrogens with one attached hydrogen (secondary N) is 1. The Kier molecular flexibility index (Phi) is 5.03. The maximum absolute atomic E-state index is 5.42. The monoisotopic (exact) mass is 283 g/mol. The largest absolute Gasteiger partial charge is 0.496 e. The van der Waals surface area contributed by atoms with Crippen LogP contribution in [0.5, 0.6) is 5.75 Å². The normalized spacial score (nSPS) is 12.2. The molecule has 0 aliphatic carbocycles. The molecule has 0 spiro atoms. The van der Waals surface area contributed by atoms with Crippen LogP contribution in [0.25, 0.3) is 0 Å². The topological polar surface area (TPSA) is 21.3 Å². The van der Waals surface area contributed by atoms with Crippen LogP contribution in [0.3, 0.4) is 0 Å². The van der Waals surface area contributed by atoms with Crippen LogP contribution in [0.1, 0.15) is 40.8 Å². The number of hydrogen-bond acceptors (Lipinski definition) is 2. The van der Waals surface area contributed by atoms with Crippen LogP contribution in [0.2, 0.25) is 0 Å². The molecule has 21 heavy (non-hydrogen) atoms. The summed E-state index contributed by atoms with van der Waals surface area (Å²) in [6.45, 7) is 6.45. The van der Waals surface area contributed by atoms with Gasteiger partial charge in [0.1, 0.15) is 5.75 Å². The summed E-state index contributed by atoms with van der Waals surface area (Å²) in [5.74, 6) is 0.954. The summed E-state index contributed by atoms with van der Waals surface area (Å²) in [5, 5.41) is 3.47. The van der Waals surface area contributed by atoms with Gasteiger partial charge >= 0.3 is 0 Å². The number of benzene rings is 2. The fourth-order valence-electron chi connectivity index (χ4n) is 2.96. The minimum absolute atomic E-state index is 0.214. The zero-order chi connectivity index (χ0) is 15.4. The molecule has 0 aliphatic rings. The lowest BCUT2D eigenvalue weighted by molar-refractivity contribution is 0.411. The molecule has 2 heteroatoms. The Bertz CT molecular complexity index is 619. The molecule has 2 aromatic carbocycles. The Hall–Kier alpha value is -1.80. The van der Waals surface area contributed by atoms with Gasteiger partial charge < -0.3 is 10.1 Å². The van der Waals surface area contributed by atoms with E-state index < -0.39 is 0 Å². The van der Waals surface area contributed by atoms with Gasteiger partial charge in [-0.3, -0.25) is 0 Å². The van der Waals surface area contributed by atoms with Crippen molar-refractivity contribution in [3.63, 3.8) is 0 Å². The molecule has 0 fully saturated rings. The lowest BCUT2D eigenvalue weighted by atomic mass is 9.90. The second-order valence-electron chi connectivity index (χ2n) is 5.45. The van der Waals surface area contributed by atoms with Crippen molar-refractivity contribution in [2.75, 3.05) is 14.2 Å². The summed E-state index contributed by atoms with van der Waals surface area (Å²) < 4.78 is 5.42. The van der Waals surface area contributed by atoms with Crippen molar-refractivity contribution >= 4 is 0 Å². The van der Waals surface area contributed by atoms with Crippen LogP contribution < -0.4 is 10.1 Å². The fraction of sp³-hybridized carbons (Fsp3) is 0.368. The molecule has 1 atom stereocenters. The van der Waals surface area contributed by atoms with Gasteiger partial charge in [0.25, 0.3) is 0 Å². The number of rotatable bonds is 5. The Morgan fingerprint density at radius 1 is 1.05 bits per heavy atom. The Labute approximate surface area is 128 Å². The summed E-state index contributed by atoms with van der Waals surface area (Å²) >= 11 is 0. The molecule has 0 aliphatic heterocycles. The fourth-order valence-corrected chi connectivity index (χ4v) is 2.96. The molecule has 2 aromatic rings. The van der Waals surface area contributed by atoms with E-state index in [0.717, 1.165) is 12.2 Å². The Balaban J connectivity index is 2.54. The first-order valence-corrected chi connectivity index (χ1v) is 7.52. The van der Waals surface area contributed by atoms with E-state index in [1.54, 1.807) is 7.11 Å². The molecule has 0 bridgehead atoms. The van der Waals surface area contributed by atoms with Crippen LogP contribution in [-0.2, 0) is 6.42 Å². The molecular weight excluding hydrogens is 258 g/mol. The first-order chi connectivity index (χ1) is 10.1. The van der Waals surface area contributed by atoms with Gasteiger partial charge in [0, 0.05) is 0 Å². The minimum atomic E-state index is 0.214. The molecule has 0 saturated heterocycles.